The molecule has 1 fully saturated rings. The molecular weight excluding hydrogens is 304 g/mol. The highest BCUT2D eigenvalue weighted by Gasteiger charge is 2.10. The summed E-state index contributed by atoms with van der Waals surface area (Å²) in [6.45, 7) is 7.46. The number of nitrogens with zero attached hydrogens (tertiary/aromatic N) is 4. The second-order valence-corrected chi connectivity index (χ2v) is 5.68. The zero-order valence-corrected chi connectivity index (χ0v) is 14.0. The largest absolute Gasteiger partial charge is 0.379 e. The minimum Gasteiger partial charge on any atom is -0.379 e. The number of morpholine rings is 1. The Kier molecular flexibility index (Phi) is 5.92. The molecule has 1 aromatic carbocycles. The lowest BCUT2D eigenvalue weighted by atomic mass is 10.1. The van der Waals surface area contributed by atoms with Crippen molar-refractivity contribution in [2.75, 3.05) is 50.0 Å². The maximum absolute atomic E-state index is 5.35. The van der Waals surface area contributed by atoms with Crippen molar-refractivity contribution in [2.45, 2.75) is 13.3 Å². The molecule has 0 radical (unpaired) electrons. The molecule has 2 aromatic rings. The van der Waals surface area contributed by atoms with Crippen molar-refractivity contribution in [1.29, 1.82) is 0 Å². The fraction of sp³-hybridized carbons (Fsp3) is 0.471. The fourth-order valence-corrected chi connectivity index (χ4v) is 2.68. The first kappa shape index (κ1) is 16.6. The first-order valence-electron chi connectivity index (χ1n) is 8.44. The van der Waals surface area contributed by atoms with Crippen LogP contribution in [0, 0.1) is 0 Å². The molecule has 3 rings (SSSR count). The number of aryl methyl sites for hydroxylation is 1. The molecule has 2 N–H and O–H groups in total. The number of hydrogen-bond donors (Lipinski definition) is 2. The smallest absolute Gasteiger partial charge is 0.244 e. The lowest BCUT2D eigenvalue weighted by Crippen LogP contribution is -2.39. The number of anilines is 3. The van der Waals surface area contributed by atoms with Gasteiger partial charge in [-0.2, -0.15) is 10.1 Å². The van der Waals surface area contributed by atoms with Crippen LogP contribution in [-0.4, -0.2) is 59.5 Å². The predicted octanol–water partition coefficient (Wildman–Crippen LogP) is 1.92. The molecule has 1 aromatic heterocycles. The normalized spacial score (nSPS) is 15.2. The van der Waals surface area contributed by atoms with Gasteiger partial charge in [-0.3, -0.25) is 4.90 Å². The summed E-state index contributed by atoms with van der Waals surface area (Å²) in [5.41, 5.74) is 2.30. The molecule has 1 aliphatic rings. The standard InChI is InChI=1S/C17H24N6O/c1-2-14-5-3-4-6-15(14)20-16-13-19-22-17(21-16)18-7-8-23-9-11-24-12-10-23/h3-6,13H,2,7-12H2,1H3,(H2,18,20,21,22). The molecule has 0 unspecified atom stereocenters. The molecule has 1 saturated heterocycles. The number of ether oxygens (including phenoxy) is 1. The second kappa shape index (κ2) is 8.56. The van der Waals surface area contributed by atoms with Gasteiger partial charge in [-0.25, -0.2) is 0 Å². The molecule has 0 aliphatic carbocycles. The lowest BCUT2D eigenvalue weighted by Gasteiger charge is -2.26. The van der Waals surface area contributed by atoms with Gasteiger partial charge in [0.25, 0.3) is 0 Å². The highest BCUT2D eigenvalue weighted by Crippen LogP contribution is 2.19. The molecule has 7 nitrogen and oxygen atoms in total. The van der Waals surface area contributed by atoms with Gasteiger partial charge >= 0.3 is 0 Å². The van der Waals surface area contributed by atoms with E-state index in [9.17, 15) is 0 Å². The summed E-state index contributed by atoms with van der Waals surface area (Å²) in [6, 6.07) is 8.21. The lowest BCUT2D eigenvalue weighted by molar-refractivity contribution is 0.0398. The minimum absolute atomic E-state index is 0.544. The van der Waals surface area contributed by atoms with E-state index in [2.05, 4.69) is 43.7 Å². The van der Waals surface area contributed by atoms with E-state index in [1.165, 1.54) is 5.56 Å². The van der Waals surface area contributed by atoms with Crippen LogP contribution < -0.4 is 10.6 Å². The third-order valence-corrected chi connectivity index (χ3v) is 4.03. The van der Waals surface area contributed by atoms with E-state index < -0.39 is 0 Å². The average Bonchev–Trinajstić information content (AvgIpc) is 2.63. The van der Waals surface area contributed by atoms with Crippen LogP contribution in [0.3, 0.4) is 0 Å². The van der Waals surface area contributed by atoms with Crippen LogP contribution in [0.5, 0.6) is 0 Å². The first-order chi connectivity index (χ1) is 11.8. The van der Waals surface area contributed by atoms with Gasteiger partial charge in [0.2, 0.25) is 5.95 Å². The Morgan fingerprint density at radius 1 is 1.21 bits per heavy atom. The van der Waals surface area contributed by atoms with Crippen LogP contribution in [0.15, 0.2) is 30.5 Å². The Labute approximate surface area is 142 Å². The van der Waals surface area contributed by atoms with Crippen LogP contribution in [0.1, 0.15) is 12.5 Å². The van der Waals surface area contributed by atoms with Crippen molar-refractivity contribution in [2.24, 2.45) is 0 Å². The summed E-state index contributed by atoms with van der Waals surface area (Å²) < 4.78 is 5.35. The highest BCUT2D eigenvalue weighted by atomic mass is 16.5. The van der Waals surface area contributed by atoms with E-state index in [0.717, 1.165) is 51.5 Å². The maximum Gasteiger partial charge on any atom is 0.244 e. The van der Waals surface area contributed by atoms with Gasteiger partial charge in [0.15, 0.2) is 5.82 Å². The van der Waals surface area contributed by atoms with Crippen LogP contribution in [0.25, 0.3) is 0 Å². The number of para-hydroxylation sites is 1. The molecule has 0 spiro atoms. The van der Waals surface area contributed by atoms with E-state index in [0.29, 0.717) is 11.8 Å². The number of nitrogens with one attached hydrogen (secondary N) is 2. The van der Waals surface area contributed by atoms with Crippen molar-refractivity contribution in [1.82, 2.24) is 20.1 Å². The van der Waals surface area contributed by atoms with Crippen molar-refractivity contribution in [3.05, 3.63) is 36.0 Å². The Balaban J connectivity index is 1.55. The molecule has 0 atom stereocenters. The Morgan fingerprint density at radius 3 is 2.88 bits per heavy atom. The SMILES string of the molecule is CCc1ccccc1Nc1cnnc(NCCN2CCOCC2)n1. The zero-order chi connectivity index (χ0) is 16.6. The summed E-state index contributed by atoms with van der Waals surface area (Å²) >= 11 is 0. The molecule has 24 heavy (non-hydrogen) atoms. The highest BCUT2D eigenvalue weighted by molar-refractivity contribution is 5.60. The van der Waals surface area contributed by atoms with Gasteiger partial charge in [-0.05, 0) is 18.1 Å². The average molecular weight is 328 g/mol. The van der Waals surface area contributed by atoms with Crippen LogP contribution >= 0.6 is 0 Å². The van der Waals surface area contributed by atoms with E-state index >= 15 is 0 Å². The quantitative estimate of drug-likeness (QED) is 0.804. The van der Waals surface area contributed by atoms with Crippen LogP contribution in [0.2, 0.25) is 0 Å². The minimum atomic E-state index is 0.544. The monoisotopic (exact) mass is 328 g/mol. The molecule has 0 bridgehead atoms. The third-order valence-electron chi connectivity index (χ3n) is 4.03. The van der Waals surface area contributed by atoms with Crippen molar-refractivity contribution in [3.63, 3.8) is 0 Å². The fourth-order valence-electron chi connectivity index (χ4n) is 2.68. The molecule has 128 valence electrons. The van der Waals surface area contributed by atoms with Gasteiger partial charge in [0, 0.05) is 31.9 Å². The van der Waals surface area contributed by atoms with Gasteiger partial charge < -0.3 is 15.4 Å². The van der Waals surface area contributed by atoms with E-state index in [1.54, 1.807) is 6.20 Å². The molecule has 7 heteroatoms. The van der Waals surface area contributed by atoms with Crippen molar-refractivity contribution >= 4 is 17.5 Å². The van der Waals surface area contributed by atoms with Crippen LogP contribution in [0.4, 0.5) is 17.5 Å². The van der Waals surface area contributed by atoms with Gasteiger partial charge in [-0.1, -0.05) is 25.1 Å². The number of benzene rings is 1. The number of aromatic nitrogens is 3. The first-order valence-corrected chi connectivity index (χ1v) is 8.44. The summed E-state index contributed by atoms with van der Waals surface area (Å²) in [5, 5.41) is 14.6. The van der Waals surface area contributed by atoms with Gasteiger partial charge in [0.1, 0.15) is 0 Å². The molecule has 2 heterocycles. The van der Waals surface area contributed by atoms with E-state index in [4.69, 9.17) is 4.74 Å². The summed E-state index contributed by atoms with van der Waals surface area (Å²) in [5.74, 6) is 1.24. The Morgan fingerprint density at radius 2 is 2.04 bits per heavy atom. The number of hydrogen-bond acceptors (Lipinski definition) is 7. The van der Waals surface area contributed by atoms with Crippen LogP contribution in [-0.2, 0) is 11.2 Å². The summed E-state index contributed by atoms with van der Waals surface area (Å²) in [4.78, 5) is 6.85. The maximum atomic E-state index is 5.35. The summed E-state index contributed by atoms with van der Waals surface area (Å²) in [7, 11) is 0. The third kappa shape index (κ3) is 4.62. The van der Waals surface area contributed by atoms with Crippen molar-refractivity contribution < 1.29 is 4.74 Å². The second-order valence-electron chi connectivity index (χ2n) is 5.68. The Hall–Kier alpha value is -2.25. The Bertz CT molecular complexity index is 644. The predicted molar refractivity (Wildman–Crippen MR) is 94.7 cm³/mol. The number of rotatable bonds is 7. The van der Waals surface area contributed by atoms with Gasteiger partial charge in [0.05, 0.1) is 19.4 Å². The zero-order valence-electron chi connectivity index (χ0n) is 14.0. The topological polar surface area (TPSA) is 75.2 Å². The molecular formula is C17H24N6O. The molecule has 0 saturated carbocycles. The van der Waals surface area contributed by atoms with Gasteiger partial charge in [-0.15, -0.1) is 5.10 Å². The molecule has 1 aliphatic heterocycles. The van der Waals surface area contributed by atoms with E-state index in [-0.39, 0.29) is 0 Å². The van der Waals surface area contributed by atoms with E-state index in [1.807, 2.05) is 18.2 Å². The van der Waals surface area contributed by atoms with Crippen molar-refractivity contribution in [3.8, 4) is 0 Å². The summed E-state index contributed by atoms with van der Waals surface area (Å²) in [6.07, 6.45) is 2.60. The molecule has 0 amide bonds.